The number of aliphatic hydroxyl groups is 1. The summed E-state index contributed by atoms with van der Waals surface area (Å²) < 4.78 is 0. The van der Waals surface area contributed by atoms with E-state index < -0.39 is 5.54 Å². The first kappa shape index (κ1) is 9.45. The van der Waals surface area contributed by atoms with Crippen molar-refractivity contribution in [3.8, 4) is 0 Å². The van der Waals surface area contributed by atoms with Gasteiger partial charge in [0.15, 0.2) is 0 Å². The smallest absolute Gasteiger partial charge is 0.134 e. The molecule has 0 fully saturated rings. The normalized spacial score (nSPS) is 15.7. The van der Waals surface area contributed by atoms with Gasteiger partial charge in [0.1, 0.15) is 5.15 Å². The van der Waals surface area contributed by atoms with E-state index in [-0.39, 0.29) is 6.61 Å². The molecule has 3 N–H and O–H groups in total. The lowest BCUT2D eigenvalue weighted by Crippen LogP contribution is -2.37. The monoisotopic (exact) mass is 186 g/mol. The minimum absolute atomic E-state index is 0.154. The van der Waals surface area contributed by atoms with Crippen molar-refractivity contribution in [1.29, 1.82) is 0 Å². The van der Waals surface area contributed by atoms with Crippen molar-refractivity contribution in [3.05, 3.63) is 29.0 Å². The van der Waals surface area contributed by atoms with Crippen molar-refractivity contribution in [1.82, 2.24) is 4.98 Å². The van der Waals surface area contributed by atoms with E-state index in [0.29, 0.717) is 10.7 Å². The number of rotatable bonds is 2. The van der Waals surface area contributed by atoms with E-state index in [4.69, 9.17) is 22.4 Å². The van der Waals surface area contributed by atoms with Gasteiger partial charge in [-0.2, -0.15) is 0 Å². The second-order valence-electron chi connectivity index (χ2n) is 2.92. The molecule has 0 aliphatic heterocycles. The van der Waals surface area contributed by atoms with Crippen LogP contribution in [0.2, 0.25) is 5.15 Å². The molecule has 0 saturated heterocycles. The Morgan fingerprint density at radius 3 is 2.92 bits per heavy atom. The molecular weight excluding hydrogens is 176 g/mol. The Kier molecular flexibility index (Phi) is 2.67. The summed E-state index contributed by atoms with van der Waals surface area (Å²) in [7, 11) is 0. The van der Waals surface area contributed by atoms with Crippen LogP contribution >= 0.6 is 11.6 Å². The molecule has 1 aromatic heterocycles. The fraction of sp³-hybridized carbons (Fsp3) is 0.375. The van der Waals surface area contributed by atoms with E-state index in [1.807, 2.05) is 0 Å². The van der Waals surface area contributed by atoms with Crippen molar-refractivity contribution < 1.29 is 5.11 Å². The zero-order valence-electron chi connectivity index (χ0n) is 6.79. The standard InChI is InChI=1S/C8H11ClN2O/c1-8(10,5-12)6-3-2-4-11-7(6)9/h2-4,12H,5,10H2,1H3. The van der Waals surface area contributed by atoms with E-state index in [9.17, 15) is 0 Å². The Labute approximate surface area is 76.2 Å². The molecule has 0 aromatic carbocycles. The molecule has 1 rings (SSSR count). The third kappa shape index (κ3) is 1.75. The van der Waals surface area contributed by atoms with Crippen LogP contribution in [0.5, 0.6) is 0 Å². The second kappa shape index (κ2) is 3.39. The first-order valence-electron chi connectivity index (χ1n) is 3.58. The van der Waals surface area contributed by atoms with Gasteiger partial charge in [0.2, 0.25) is 0 Å². The minimum atomic E-state index is -0.814. The molecule has 0 bridgehead atoms. The summed E-state index contributed by atoms with van der Waals surface area (Å²) in [6.07, 6.45) is 1.58. The third-order valence-electron chi connectivity index (χ3n) is 1.70. The molecule has 1 unspecified atom stereocenters. The van der Waals surface area contributed by atoms with Gasteiger partial charge in [0.05, 0.1) is 12.1 Å². The lowest BCUT2D eigenvalue weighted by molar-refractivity contribution is 0.210. The van der Waals surface area contributed by atoms with E-state index in [0.717, 1.165) is 0 Å². The van der Waals surface area contributed by atoms with Crippen LogP contribution in [0.3, 0.4) is 0 Å². The Morgan fingerprint density at radius 1 is 1.75 bits per heavy atom. The van der Waals surface area contributed by atoms with E-state index in [1.54, 1.807) is 25.3 Å². The first-order chi connectivity index (χ1) is 5.58. The first-order valence-corrected chi connectivity index (χ1v) is 3.96. The minimum Gasteiger partial charge on any atom is -0.394 e. The zero-order valence-corrected chi connectivity index (χ0v) is 7.54. The fourth-order valence-electron chi connectivity index (χ4n) is 0.897. The Morgan fingerprint density at radius 2 is 2.42 bits per heavy atom. The summed E-state index contributed by atoms with van der Waals surface area (Å²) in [5, 5.41) is 9.30. The van der Waals surface area contributed by atoms with E-state index in [2.05, 4.69) is 4.98 Å². The molecule has 0 aliphatic rings. The van der Waals surface area contributed by atoms with E-state index >= 15 is 0 Å². The van der Waals surface area contributed by atoms with Crippen molar-refractivity contribution in [2.24, 2.45) is 5.73 Å². The average Bonchev–Trinajstić information content (AvgIpc) is 2.05. The summed E-state index contributed by atoms with van der Waals surface area (Å²) in [6.45, 7) is 1.55. The van der Waals surface area contributed by atoms with Gasteiger partial charge in [-0.15, -0.1) is 0 Å². The van der Waals surface area contributed by atoms with Crippen LogP contribution < -0.4 is 5.73 Å². The lowest BCUT2D eigenvalue weighted by atomic mass is 9.96. The van der Waals surface area contributed by atoms with Crippen LogP contribution in [0, 0.1) is 0 Å². The molecule has 4 heteroatoms. The molecule has 1 aromatic rings. The molecular formula is C8H11ClN2O. The van der Waals surface area contributed by atoms with Gasteiger partial charge in [-0.25, -0.2) is 4.98 Å². The zero-order chi connectivity index (χ0) is 9.19. The highest BCUT2D eigenvalue weighted by Gasteiger charge is 2.22. The summed E-state index contributed by atoms with van der Waals surface area (Å²) >= 11 is 5.79. The van der Waals surface area contributed by atoms with Crippen LogP contribution in [0.25, 0.3) is 0 Å². The predicted molar refractivity (Wildman–Crippen MR) is 47.9 cm³/mol. The Bertz CT molecular complexity index is 276. The molecule has 66 valence electrons. The lowest BCUT2D eigenvalue weighted by Gasteiger charge is -2.22. The highest BCUT2D eigenvalue weighted by atomic mass is 35.5. The largest absolute Gasteiger partial charge is 0.394 e. The predicted octanol–water partition coefficient (Wildman–Crippen LogP) is 0.901. The van der Waals surface area contributed by atoms with Crippen LogP contribution in [-0.2, 0) is 5.54 Å². The maximum Gasteiger partial charge on any atom is 0.134 e. The van der Waals surface area contributed by atoms with E-state index in [1.165, 1.54) is 0 Å². The topological polar surface area (TPSA) is 59.1 Å². The highest BCUT2D eigenvalue weighted by molar-refractivity contribution is 6.30. The van der Waals surface area contributed by atoms with Gasteiger partial charge in [-0.1, -0.05) is 17.7 Å². The SMILES string of the molecule is CC(N)(CO)c1cccnc1Cl. The van der Waals surface area contributed by atoms with Crippen molar-refractivity contribution >= 4 is 11.6 Å². The summed E-state index contributed by atoms with van der Waals surface area (Å²) in [5.41, 5.74) is 5.61. The maximum absolute atomic E-state index is 8.96. The molecule has 1 heterocycles. The quantitative estimate of drug-likeness (QED) is 0.675. The Hall–Kier alpha value is -0.640. The van der Waals surface area contributed by atoms with Crippen molar-refractivity contribution in [3.63, 3.8) is 0 Å². The van der Waals surface area contributed by atoms with Crippen LogP contribution in [0.4, 0.5) is 0 Å². The molecule has 3 nitrogen and oxygen atoms in total. The number of aromatic nitrogens is 1. The van der Waals surface area contributed by atoms with Gasteiger partial charge in [-0.3, -0.25) is 0 Å². The number of hydrogen-bond acceptors (Lipinski definition) is 3. The number of aliphatic hydroxyl groups excluding tert-OH is 1. The molecule has 12 heavy (non-hydrogen) atoms. The van der Waals surface area contributed by atoms with Crippen LogP contribution in [-0.4, -0.2) is 16.7 Å². The maximum atomic E-state index is 8.96. The van der Waals surface area contributed by atoms with Gasteiger partial charge in [-0.05, 0) is 13.0 Å². The number of hydrogen-bond donors (Lipinski definition) is 2. The summed E-state index contributed by atoms with van der Waals surface area (Å²) in [5.74, 6) is 0. The fourth-order valence-corrected chi connectivity index (χ4v) is 1.23. The molecule has 0 aliphatic carbocycles. The summed E-state index contributed by atoms with van der Waals surface area (Å²) in [4.78, 5) is 3.87. The Balaban J connectivity index is 3.10. The highest BCUT2D eigenvalue weighted by Crippen LogP contribution is 2.22. The van der Waals surface area contributed by atoms with Gasteiger partial charge < -0.3 is 10.8 Å². The number of halogens is 1. The number of nitrogens with two attached hydrogens (primary N) is 1. The van der Waals surface area contributed by atoms with Crippen molar-refractivity contribution in [2.45, 2.75) is 12.5 Å². The van der Waals surface area contributed by atoms with Gasteiger partial charge in [0, 0.05) is 11.8 Å². The molecule has 0 spiro atoms. The number of pyridine rings is 1. The molecule has 1 atom stereocenters. The molecule has 0 radical (unpaired) electrons. The average molecular weight is 187 g/mol. The second-order valence-corrected chi connectivity index (χ2v) is 3.28. The van der Waals surface area contributed by atoms with Crippen LogP contribution in [0.15, 0.2) is 18.3 Å². The van der Waals surface area contributed by atoms with Crippen LogP contribution in [0.1, 0.15) is 12.5 Å². The van der Waals surface area contributed by atoms with Gasteiger partial charge >= 0.3 is 0 Å². The van der Waals surface area contributed by atoms with Gasteiger partial charge in [0.25, 0.3) is 0 Å². The summed E-state index contributed by atoms with van der Waals surface area (Å²) in [6, 6.07) is 3.49. The number of nitrogens with zero attached hydrogens (tertiary/aromatic N) is 1. The van der Waals surface area contributed by atoms with Crippen molar-refractivity contribution in [2.75, 3.05) is 6.61 Å². The third-order valence-corrected chi connectivity index (χ3v) is 2.00. The molecule has 0 amide bonds. The molecule has 0 saturated carbocycles.